The minimum atomic E-state index is 0.582. The van der Waals surface area contributed by atoms with Gasteiger partial charge in [0.15, 0.2) is 0 Å². The molecule has 1 rings (SSSR count). The minimum Gasteiger partial charge on any atom is -0.401 e. The third-order valence-electron chi connectivity index (χ3n) is 1.61. The van der Waals surface area contributed by atoms with Crippen molar-refractivity contribution < 1.29 is 0 Å². The summed E-state index contributed by atoms with van der Waals surface area (Å²) in [5.74, 6) is 0. The maximum Gasteiger partial charge on any atom is 0.0393 e. The molecule has 3 heteroatoms. The van der Waals surface area contributed by atoms with Gasteiger partial charge in [0.2, 0.25) is 0 Å². The molecule has 0 radical (unpaired) electrons. The van der Waals surface area contributed by atoms with Crippen molar-refractivity contribution in [3.63, 3.8) is 0 Å². The molecule has 3 nitrogen and oxygen atoms in total. The Morgan fingerprint density at radius 1 is 1.80 bits per heavy atom. The second kappa shape index (κ2) is 3.46. The van der Waals surface area contributed by atoms with Crippen LogP contribution in [-0.2, 0) is 0 Å². The smallest absolute Gasteiger partial charge is 0.0393 e. The van der Waals surface area contributed by atoms with Gasteiger partial charge in [-0.25, -0.2) is 0 Å². The summed E-state index contributed by atoms with van der Waals surface area (Å²) in [6, 6.07) is 0.582. The summed E-state index contributed by atoms with van der Waals surface area (Å²) >= 11 is 0. The first kappa shape index (κ1) is 7.41. The van der Waals surface area contributed by atoms with Gasteiger partial charge in [0, 0.05) is 24.5 Å². The highest BCUT2D eigenvalue weighted by Crippen LogP contribution is 1.96. The lowest BCUT2D eigenvalue weighted by molar-refractivity contribution is 0.635. The lowest BCUT2D eigenvalue weighted by Gasteiger charge is -2.07. The molecular weight excluding hydrogens is 126 g/mol. The van der Waals surface area contributed by atoms with Crippen molar-refractivity contribution >= 4 is 0 Å². The van der Waals surface area contributed by atoms with Crippen molar-refractivity contribution in [2.45, 2.75) is 19.4 Å². The van der Waals surface area contributed by atoms with Gasteiger partial charge in [0.1, 0.15) is 0 Å². The molecule has 1 unspecified atom stereocenters. The van der Waals surface area contributed by atoms with Crippen LogP contribution in [0.2, 0.25) is 0 Å². The van der Waals surface area contributed by atoms with E-state index in [4.69, 9.17) is 5.73 Å². The van der Waals surface area contributed by atoms with Crippen LogP contribution in [0.5, 0.6) is 0 Å². The summed E-state index contributed by atoms with van der Waals surface area (Å²) in [5.41, 5.74) is 6.29. The van der Waals surface area contributed by atoms with Crippen LogP contribution in [0.4, 0.5) is 0 Å². The molecule has 0 saturated carbocycles. The van der Waals surface area contributed by atoms with Crippen LogP contribution >= 0.6 is 0 Å². The standard InChI is InChI=1S/C7H15N3/c1-6(8)4-10-7-2-3-9-5-7/h4,7,9-10H,2-3,5,8H2,1H3/b6-4-. The lowest BCUT2D eigenvalue weighted by Crippen LogP contribution is -2.27. The molecule has 0 aromatic rings. The first-order chi connectivity index (χ1) is 4.79. The molecule has 0 aromatic heterocycles. The molecule has 1 fully saturated rings. The number of nitrogens with two attached hydrogens (primary N) is 1. The summed E-state index contributed by atoms with van der Waals surface area (Å²) in [5, 5.41) is 6.49. The first-order valence-electron chi connectivity index (χ1n) is 3.68. The van der Waals surface area contributed by atoms with Gasteiger partial charge in [-0.3, -0.25) is 0 Å². The van der Waals surface area contributed by atoms with E-state index in [9.17, 15) is 0 Å². The molecule has 0 aliphatic carbocycles. The second-order valence-electron chi connectivity index (χ2n) is 2.74. The van der Waals surface area contributed by atoms with E-state index in [0.29, 0.717) is 6.04 Å². The molecule has 1 heterocycles. The minimum absolute atomic E-state index is 0.582. The van der Waals surface area contributed by atoms with E-state index in [1.807, 2.05) is 13.1 Å². The van der Waals surface area contributed by atoms with E-state index in [1.165, 1.54) is 6.42 Å². The Morgan fingerprint density at radius 2 is 2.60 bits per heavy atom. The van der Waals surface area contributed by atoms with Crippen LogP contribution in [-0.4, -0.2) is 19.1 Å². The highest BCUT2D eigenvalue weighted by molar-refractivity contribution is 4.93. The Kier molecular flexibility index (Phi) is 2.57. The van der Waals surface area contributed by atoms with Gasteiger partial charge in [0.05, 0.1) is 0 Å². The highest BCUT2D eigenvalue weighted by Gasteiger charge is 2.11. The SMILES string of the molecule is C/C(N)=C/NC1CCNC1. The van der Waals surface area contributed by atoms with Crippen LogP contribution in [0, 0.1) is 0 Å². The predicted molar refractivity (Wildman–Crippen MR) is 42.4 cm³/mol. The van der Waals surface area contributed by atoms with E-state index in [0.717, 1.165) is 18.8 Å². The Bertz CT molecular complexity index is 121. The average molecular weight is 141 g/mol. The van der Waals surface area contributed by atoms with Gasteiger partial charge < -0.3 is 16.4 Å². The maximum absolute atomic E-state index is 5.45. The Hall–Kier alpha value is -0.700. The predicted octanol–water partition coefficient (Wildman–Crippen LogP) is -0.242. The zero-order chi connectivity index (χ0) is 7.40. The van der Waals surface area contributed by atoms with Crippen LogP contribution < -0.4 is 16.4 Å². The molecule has 1 atom stereocenters. The molecule has 0 bridgehead atoms. The molecule has 1 aliphatic heterocycles. The summed E-state index contributed by atoms with van der Waals surface area (Å²) in [7, 11) is 0. The Balaban J connectivity index is 2.18. The Labute approximate surface area is 61.7 Å². The summed E-state index contributed by atoms with van der Waals surface area (Å²) in [6.45, 7) is 4.06. The first-order valence-corrected chi connectivity index (χ1v) is 3.68. The number of allylic oxidation sites excluding steroid dienone is 1. The summed E-state index contributed by atoms with van der Waals surface area (Å²) < 4.78 is 0. The van der Waals surface area contributed by atoms with Gasteiger partial charge in [-0.15, -0.1) is 0 Å². The molecule has 58 valence electrons. The van der Waals surface area contributed by atoms with Gasteiger partial charge in [-0.2, -0.15) is 0 Å². The Morgan fingerprint density at radius 3 is 3.10 bits per heavy atom. The van der Waals surface area contributed by atoms with Crippen LogP contribution in [0.3, 0.4) is 0 Å². The molecular formula is C7H15N3. The molecule has 1 aliphatic rings. The van der Waals surface area contributed by atoms with Crippen LogP contribution in [0.15, 0.2) is 11.9 Å². The zero-order valence-corrected chi connectivity index (χ0v) is 6.35. The van der Waals surface area contributed by atoms with Crippen molar-refractivity contribution in [1.82, 2.24) is 10.6 Å². The summed E-state index contributed by atoms with van der Waals surface area (Å²) in [4.78, 5) is 0. The average Bonchev–Trinajstić information content (AvgIpc) is 2.34. The van der Waals surface area contributed by atoms with Gasteiger partial charge in [0.25, 0.3) is 0 Å². The third-order valence-corrected chi connectivity index (χ3v) is 1.61. The zero-order valence-electron chi connectivity index (χ0n) is 6.35. The van der Waals surface area contributed by atoms with E-state index < -0.39 is 0 Å². The van der Waals surface area contributed by atoms with Crippen LogP contribution in [0.1, 0.15) is 13.3 Å². The molecule has 0 spiro atoms. The normalized spacial score (nSPS) is 26.9. The van der Waals surface area contributed by atoms with Crippen molar-refractivity contribution in [2.75, 3.05) is 13.1 Å². The molecule has 0 aromatic carbocycles. The number of hydrogen-bond acceptors (Lipinski definition) is 3. The van der Waals surface area contributed by atoms with E-state index in [1.54, 1.807) is 0 Å². The van der Waals surface area contributed by atoms with Crippen molar-refractivity contribution in [3.05, 3.63) is 11.9 Å². The molecule has 10 heavy (non-hydrogen) atoms. The topological polar surface area (TPSA) is 50.1 Å². The maximum atomic E-state index is 5.45. The van der Waals surface area contributed by atoms with Gasteiger partial charge >= 0.3 is 0 Å². The van der Waals surface area contributed by atoms with Crippen molar-refractivity contribution in [3.8, 4) is 0 Å². The fourth-order valence-electron chi connectivity index (χ4n) is 1.05. The monoisotopic (exact) mass is 141 g/mol. The van der Waals surface area contributed by atoms with E-state index >= 15 is 0 Å². The summed E-state index contributed by atoms with van der Waals surface area (Å²) in [6.07, 6.45) is 3.07. The largest absolute Gasteiger partial charge is 0.401 e. The highest BCUT2D eigenvalue weighted by atomic mass is 15.0. The van der Waals surface area contributed by atoms with Gasteiger partial charge in [-0.1, -0.05) is 0 Å². The molecule has 0 amide bonds. The fourth-order valence-corrected chi connectivity index (χ4v) is 1.05. The van der Waals surface area contributed by atoms with Crippen molar-refractivity contribution in [2.24, 2.45) is 5.73 Å². The number of rotatable bonds is 2. The quantitative estimate of drug-likeness (QED) is 0.497. The fraction of sp³-hybridized carbons (Fsp3) is 0.714. The number of nitrogens with one attached hydrogen (secondary N) is 2. The number of hydrogen-bond donors (Lipinski definition) is 3. The van der Waals surface area contributed by atoms with Crippen LogP contribution in [0.25, 0.3) is 0 Å². The molecule has 1 saturated heterocycles. The van der Waals surface area contributed by atoms with Crippen molar-refractivity contribution in [1.29, 1.82) is 0 Å². The van der Waals surface area contributed by atoms with E-state index in [2.05, 4.69) is 10.6 Å². The third kappa shape index (κ3) is 2.27. The van der Waals surface area contributed by atoms with Gasteiger partial charge in [-0.05, 0) is 19.9 Å². The van der Waals surface area contributed by atoms with E-state index in [-0.39, 0.29) is 0 Å². The second-order valence-corrected chi connectivity index (χ2v) is 2.74. The lowest BCUT2D eigenvalue weighted by atomic mass is 10.3. The molecule has 4 N–H and O–H groups in total.